The van der Waals surface area contributed by atoms with Crippen LogP contribution in [0.5, 0.6) is 11.5 Å². The fraction of sp³-hybridized carbons (Fsp3) is 0.650. The molecule has 2 N–H and O–H groups in total. The van der Waals surface area contributed by atoms with E-state index >= 15 is 0 Å². The van der Waals surface area contributed by atoms with E-state index in [1.54, 1.807) is 6.07 Å². The Morgan fingerprint density at radius 1 is 1.15 bits per heavy atom. The predicted molar refractivity (Wildman–Crippen MR) is 92.9 cm³/mol. The van der Waals surface area contributed by atoms with Gasteiger partial charge < -0.3 is 24.4 Å². The number of carbonyl (C=O) groups is 1. The van der Waals surface area contributed by atoms with Crippen molar-refractivity contribution in [3.05, 3.63) is 23.3 Å². The molecule has 26 heavy (non-hydrogen) atoms. The Hall–Kier alpha value is -1.79. The minimum atomic E-state index is -1.57. The molecule has 3 atom stereocenters. The van der Waals surface area contributed by atoms with Crippen LogP contribution in [0.1, 0.15) is 50.7 Å². The molecule has 3 aliphatic rings. The van der Waals surface area contributed by atoms with Gasteiger partial charge in [-0.1, -0.05) is 26.7 Å². The van der Waals surface area contributed by atoms with Gasteiger partial charge in [0.2, 0.25) is 6.79 Å². The van der Waals surface area contributed by atoms with Crippen LogP contribution in [-0.2, 0) is 21.6 Å². The Bertz CT molecular complexity index is 723. The van der Waals surface area contributed by atoms with Gasteiger partial charge in [-0.15, -0.1) is 0 Å². The minimum absolute atomic E-state index is 0.129. The summed E-state index contributed by atoms with van der Waals surface area (Å²) in [7, 11) is 0. The summed E-state index contributed by atoms with van der Waals surface area (Å²) in [6.07, 6.45) is 2.83. The second-order valence-electron chi connectivity index (χ2n) is 7.71. The van der Waals surface area contributed by atoms with Gasteiger partial charge in [-0.2, -0.15) is 0 Å². The van der Waals surface area contributed by atoms with Crippen molar-refractivity contribution in [2.24, 2.45) is 11.8 Å². The maximum atomic E-state index is 12.3. The molecule has 0 spiro atoms. The van der Waals surface area contributed by atoms with Crippen molar-refractivity contribution >= 4 is 5.97 Å². The van der Waals surface area contributed by atoms with Gasteiger partial charge in [0.1, 0.15) is 5.60 Å². The van der Waals surface area contributed by atoms with Crippen molar-refractivity contribution in [2.75, 3.05) is 13.4 Å². The van der Waals surface area contributed by atoms with Gasteiger partial charge in [0.15, 0.2) is 11.5 Å². The third kappa shape index (κ3) is 2.28. The maximum Gasteiger partial charge on any atom is 0.309 e. The molecule has 0 amide bonds. The predicted octanol–water partition coefficient (Wildman–Crippen LogP) is 2.28. The summed E-state index contributed by atoms with van der Waals surface area (Å²) in [5, 5.41) is 23.7. The van der Waals surface area contributed by atoms with Crippen LogP contribution in [0, 0.1) is 11.8 Å². The third-order valence-corrected chi connectivity index (χ3v) is 6.22. The van der Waals surface area contributed by atoms with Crippen molar-refractivity contribution in [3.63, 3.8) is 0 Å². The first-order valence-electron chi connectivity index (χ1n) is 9.49. The summed E-state index contributed by atoms with van der Waals surface area (Å²) in [6.45, 7) is 4.24. The molecule has 0 radical (unpaired) electrons. The summed E-state index contributed by atoms with van der Waals surface area (Å²) in [5.74, 6) is -0.0298. The molecule has 6 nitrogen and oxygen atoms in total. The van der Waals surface area contributed by atoms with Crippen molar-refractivity contribution in [1.29, 1.82) is 0 Å². The molecular weight excluding hydrogens is 336 g/mol. The number of cyclic esters (lactones) is 1. The molecule has 1 aromatic carbocycles. The summed E-state index contributed by atoms with van der Waals surface area (Å²) >= 11 is 0. The van der Waals surface area contributed by atoms with Crippen LogP contribution in [0.15, 0.2) is 12.1 Å². The second-order valence-corrected chi connectivity index (χ2v) is 7.71. The SMILES string of the molecule is CCCC(O)(CCC)[C@]1(O)c2cc3c(cc2C[C@H]2C(=O)OC[C@@H]21)OCO3. The van der Waals surface area contributed by atoms with Gasteiger partial charge in [0.25, 0.3) is 0 Å². The van der Waals surface area contributed by atoms with Gasteiger partial charge in [-0.3, -0.25) is 4.79 Å². The monoisotopic (exact) mass is 362 g/mol. The van der Waals surface area contributed by atoms with Crippen LogP contribution in [0.25, 0.3) is 0 Å². The zero-order valence-corrected chi connectivity index (χ0v) is 15.3. The molecule has 1 saturated heterocycles. The van der Waals surface area contributed by atoms with E-state index in [0.717, 1.165) is 18.4 Å². The summed E-state index contributed by atoms with van der Waals surface area (Å²) < 4.78 is 16.3. The largest absolute Gasteiger partial charge is 0.465 e. The second kappa shape index (κ2) is 6.13. The van der Waals surface area contributed by atoms with Gasteiger partial charge in [0, 0.05) is 5.92 Å². The molecule has 0 unspecified atom stereocenters. The molecule has 142 valence electrons. The van der Waals surface area contributed by atoms with Crippen molar-refractivity contribution in [2.45, 2.75) is 57.2 Å². The number of esters is 1. The molecule has 2 aliphatic heterocycles. The van der Waals surface area contributed by atoms with Gasteiger partial charge >= 0.3 is 5.97 Å². The minimum Gasteiger partial charge on any atom is -0.465 e. The number of aliphatic hydroxyl groups is 2. The summed E-state index contributed by atoms with van der Waals surface area (Å²) in [4.78, 5) is 12.3. The van der Waals surface area contributed by atoms with Crippen LogP contribution < -0.4 is 9.47 Å². The molecule has 6 heteroatoms. The summed E-state index contributed by atoms with van der Waals surface area (Å²) in [6, 6.07) is 3.62. The molecule has 4 rings (SSSR count). The number of rotatable bonds is 5. The van der Waals surface area contributed by atoms with E-state index in [-0.39, 0.29) is 19.4 Å². The maximum absolute atomic E-state index is 12.3. The Balaban J connectivity index is 1.92. The molecule has 0 bridgehead atoms. The first kappa shape index (κ1) is 17.6. The van der Waals surface area contributed by atoms with Crippen LogP contribution in [-0.4, -0.2) is 35.2 Å². The standard InChI is InChI=1S/C20H26O6/c1-3-5-19(22,6-4-2)20(23)14-9-17-16(25-11-26-17)8-12(14)7-13-15(20)10-24-18(13)21/h8-9,13,15,22-23H,3-7,10-11H2,1-2H3/t13-,15+,20+/m1/s1. The molecule has 0 saturated carbocycles. The van der Waals surface area contributed by atoms with Gasteiger partial charge in [-0.25, -0.2) is 0 Å². The Labute approximate surface area is 153 Å². The van der Waals surface area contributed by atoms with E-state index in [1.807, 2.05) is 19.9 Å². The lowest BCUT2D eigenvalue weighted by molar-refractivity contribution is -0.206. The highest BCUT2D eigenvalue weighted by atomic mass is 16.7. The van der Waals surface area contributed by atoms with Crippen molar-refractivity contribution < 1.29 is 29.2 Å². The number of hydrogen-bond donors (Lipinski definition) is 2. The van der Waals surface area contributed by atoms with E-state index in [2.05, 4.69) is 0 Å². The molecule has 1 aliphatic carbocycles. The van der Waals surface area contributed by atoms with E-state index in [1.165, 1.54) is 0 Å². The van der Waals surface area contributed by atoms with Crippen LogP contribution in [0.2, 0.25) is 0 Å². The molecule has 1 aromatic rings. The van der Waals surface area contributed by atoms with E-state index < -0.39 is 23.0 Å². The first-order valence-corrected chi connectivity index (χ1v) is 9.49. The fourth-order valence-electron chi connectivity index (χ4n) is 5.07. The smallest absolute Gasteiger partial charge is 0.309 e. The molecular formula is C20H26O6. The Morgan fingerprint density at radius 2 is 1.81 bits per heavy atom. The number of hydrogen-bond acceptors (Lipinski definition) is 6. The van der Waals surface area contributed by atoms with E-state index in [4.69, 9.17) is 14.2 Å². The normalized spacial score (nSPS) is 29.3. The topological polar surface area (TPSA) is 85.2 Å². The van der Waals surface area contributed by atoms with E-state index in [9.17, 15) is 15.0 Å². The van der Waals surface area contributed by atoms with Gasteiger partial charge in [0.05, 0.1) is 18.1 Å². The highest BCUT2D eigenvalue weighted by Gasteiger charge is 2.63. The Morgan fingerprint density at radius 3 is 2.46 bits per heavy atom. The number of carbonyl (C=O) groups excluding carboxylic acids is 1. The van der Waals surface area contributed by atoms with Crippen LogP contribution in [0.4, 0.5) is 0 Å². The lowest BCUT2D eigenvalue weighted by Crippen LogP contribution is -2.60. The van der Waals surface area contributed by atoms with Crippen LogP contribution >= 0.6 is 0 Å². The number of ether oxygens (including phenoxy) is 3. The quantitative estimate of drug-likeness (QED) is 0.782. The zero-order valence-electron chi connectivity index (χ0n) is 15.3. The van der Waals surface area contributed by atoms with Crippen LogP contribution in [0.3, 0.4) is 0 Å². The molecule has 0 aromatic heterocycles. The average Bonchev–Trinajstić information content (AvgIpc) is 3.21. The molecule has 1 fully saturated rings. The summed E-state index contributed by atoms with van der Waals surface area (Å²) in [5.41, 5.74) is -1.44. The number of benzene rings is 1. The third-order valence-electron chi connectivity index (χ3n) is 6.22. The number of fused-ring (bicyclic) bond motifs is 3. The average molecular weight is 362 g/mol. The lowest BCUT2D eigenvalue weighted by atomic mass is 9.58. The Kier molecular flexibility index (Phi) is 4.15. The van der Waals surface area contributed by atoms with Crippen molar-refractivity contribution in [3.8, 4) is 11.5 Å². The van der Waals surface area contributed by atoms with Crippen molar-refractivity contribution in [1.82, 2.24) is 0 Å². The fourth-order valence-corrected chi connectivity index (χ4v) is 5.07. The highest BCUT2D eigenvalue weighted by molar-refractivity contribution is 5.77. The lowest BCUT2D eigenvalue weighted by Gasteiger charge is -2.51. The first-order chi connectivity index (χ1) is 12.4. The van der Waals surface area contributed by atoms with Gasteiger partial charge in [-0.05, 0) is 42.5 Å². The highest BCUT2D eigenvalue weighted by Crippen LogP contribution is 2.56. The zero-order chi connectivity index (χ0) is 18.5. The molecule has 2 heterocycles. The van der Waals surface area contributed by atoms with E-state index in [0.29, 0.717) is 36.3 Å².